The average molecular weight is 484 g/mol. The first-order valence-corrected chi connectivity index (χ1v) is 9.60. The molecule has 2 N–H and O–H groups in total. The number of halogens is 1. The van der Waals surface area contributed by atoms with Gasteiger partial charge in [0.05, 0.1) is 6.54 Å². The van der Waals surface area contributed by atoms with Crippen molar-refractivity contribution in [3.63, 3.8) is 0 Å². The van der Waals surface area contributed by atoms with E-state index >= 15 is 0 Å². The monoisotopic (exact) mass is 484 g/mol. The van der Waals surface area contributed by atoms with Crippen LogP contribution in [0, 0.1) is 13.8 Å². The molecule has 1 saturated heterocycles. The molecule has 1 aliphatic rings. The van der Waals surface area contributed by atoms with Crippen molar-refractivity contribution in [2.24, 2.45) is 10.7 Å². The van der Waals surface area contributed by atoms with E-state index in [-0.39, 0.29) is 24.0 Å². The maximum atomic E-state index is 6.11. The van der Waals surface area contributed by atoms with Crippen LogP contribution in [0.1, 0.15) is 16.7 Å². The molecule has 26 heavy (non-hydrogen) atoms. The molecule has 2 heterocycles. The van der Waals surface area contributed by atoms with Gasteiger partial charge in [-0.15, -0.1) is 24.0 Å². The fourth-order valence-corrected chi connectivity index (χ4v) is 3.47. The van der Waals surface area contributed by atoms with Gasteiger partial charge in [0.25, 0.3) is 0 Å². The second kappa shape index (κ2) is 10.0. The van der Waals surface area contributed by atoms with E-state index in [9.17, 15) is 0 Å². The summed E-state index contributed by atoms with van der Waals surface area (Å²) in [6, 6.07) is 9.89. The van der Waals surface area contributed by atoms with Gasteiger partial charge in [-0.3, -0.25) is 0 Å². The van der Waals surface area contributed by atoms with Crippen LogP contribution in [0.25, 0.3) is 0 Å². The maximum absolute atomic E-state index is 6.11. The molecular weight excluding hydrogens is 459 g/mol. The zero-order chi connectivity index (χ0) is 17.6. The predicted octanol–water partition coefficient (Wildman–Crippen LogP) is 3.97. The smallest absolute Gasteiger partial charge is 0.219 e. The lowest BCUT2D eigenvalue weighted by molar-refractivity contribution is 0.455. The number of nitrogens with zero attached hydrogens (tertiary/aromatic N) is 3. The molecule has 0 saturated carbocycles. The van der Waals surface area contributed by atoms with Crippen LogP contribution in [0.2, 0.25) is 0 Å². The highest BCUT2D eigenvalue weighted by Gasteiger charge is 2.12. The Hall–Kier alpha value is -1.48. The van der Waals surface area contributed by atoms with Crippen molar-refractivity contribution in [2.75, 3.05) is 24.6 Å². The highest BCUT2D eigenvalue weighted by atomic mass is 127. The molecule has 1 aliphatic heterocycles. The minimum Gasteiger partial charge on any atom is -0.439 e. The summed E-state index contributed by atoms with van der Waals surface area (Å²) in [6.07, 6.45) is 1.74. The minimum absolute atomic E-state index is 0. The van der Waals surface area contributed by atoms with E-state index in [0.29, 0.717) is 18.4 Å². The van der Waals surface area contributed by atoms with Crippen molar-refractivity contribution >= 4 is 41.7 Å². The van der Waals surface area contributed by atoms with Crippen LogP contribution >= 0.6 is 35.7 Å². The van der Waals surface area contributed by atoms with Crippen molar-refractivity contribution in [3.05, 3.63) is 53.2 Å². The Morgan fingerprint density at radius 1 is 1.19 bits per heavy atom. The number of aryl methyl sites for hydroxylation is 2. The summed E-state index contributed by atoms with van der Waals surface area (Å²) in [5.74, 6) is 4.21. The van der Waals surface area contributed by atoms with Crippen molar-refractivity contribution in [2.45, 2.75) is 20.4 Å². The molecule has 0 amide bonds. The van der Waals surface area contributed by atoms with Crippen LogP contribution in [0.3, 0.4) is 0 Å². The van der Waals surface area contributed by atoms with E-state index in [4.69, 9.17) is 10.5 Å². The van der Waals surface area contributed by atoms with Gasteiger partial charge in [0.15, 0.2) is 5.96 Å². The van der Waals surface area contributed by atoms with E-state index in [2.05, 4.69) is 34.8 Å². The van der Waals surface area contributed by atoms with Crippen molar-refractivity contribution in [3.8, 4) is 11.6 Å². The Kier molecular flexibility index (Phi) is 8.02. The third-order valence-corrected chi connectivity index (χ3v) is 5.20. The van der Waals surface area contributed by atoms with Crippen LogP contribution in [0.4, 0.5) is 0 Å². The number of thioether (sulfide) groups is 1. The maximum Gasteiger partial charge on any atom is 0.219 e. The van der Waals surface area contributed by atoms with Gasteiger partial charge in [0.1, 0.15) is 5.75 Å². The minimum atomic E-state index is 0. The highest BCUT2D eigenvalue weighted by Crippen LogP contribution is 2.23. The summed E-state index contributed by atoms with van der Waals surface area (Å²) in [5.41, 5.74) is 9.58. The second-order valence-corrected chi connectivity index (χ2v) is 7.35. The molecule has 0 atom stereocenters. The number of pyridine rings is 1. The van der Waals surface area contributed by atoms with Gasteiger partial charge in [-0.05, 0) is 48.7 Å². The van der Waals surface area contributed by atoms with Crippen molar-refractivity contribution < 1.29 is 4.74 Å². The van der Waals surface area contributed by atoms with Crippen LogP contribution < -0.4 is 10.5 Å². The topological polar surface area (TPSA) is 63.7 Å². The normalized spacial score (nSPS) is 14.7. The Labute approximate surface area is 176 Å². The Balaban J connectivity index is 0.00000243. The first kappa shape index (κ1) is 20.8. The Morgan fingerprint density at radius 2 is 1.96 bits per heavy atom. The van der Waals surface area contributed by atoms with Crippen molar-refractivity contribution in [1.82, 2.24) is 9.88 Å². The van der Waals surface area contributed by atoms with Gasteiger partial charge in [-0.1, -0.05) is 6.07 Å². The van der Waals surface area contributed by atoms with Crippen LogP contribution in [-0.4, -0.2) is 40.4 Å². The molecule has 0 spiro atoms. The third kappa shape index (κ3) is 5.77. The zero-order valence-corrected chi connectivity index (χ0v) is 18.3. The summed E-state index contributed by atoms with van der Waals surface area (Å²) in [6.45, 7) is 6.63. The van der Waals surface area contributed by atoms with E-state index in [1.165, 1.54) is 11.1 Å². The number of hydrogen-bond acceptors (Lipinski definition) is 4. The lowest BCUT2D eigenvalue weighted by atomic mass is 10.1. The predicted molar refractivity (Wildman–Crippen MR) is 120 cm³/mol. The van der Waals surface area contributed by atoms with Crippen LogP contribution in [-0.2, 0) is 6.54 Å². The molecule has 7 heteroatoms. The molecule has 5 nitrogen and oxygen atoms in total. The largest absolute Gasteiger partial charge is 0.439 e. The second-order valence-electron chi connectivity index (χ2n) is 6.12. The number of aromatic nitrogens is 1. The number of ether oxygens (including phenoxy) is 1. The molecule has 2 aromatic rings. The summed E-state index contributed by atoms with van der Waals surface area (Å²) < 4.78 is 5.87. The number of rotatable bonds is 4. The van der Waals surface area contributed by atoms with Crippen molar-refractivity contribution in [1.29, 1.82) is 0 Å². The molecular formula is C19H25IN4OS. The quantitative estimate of drug-likeness (QED) is 0.404. The van der Waals surface area contributed by atoms with Crippen LogP contribution in [0.5, 0.6) is 11.6 Å². The SMILES string of the molecule is Cc1ccc(Oc2cc(CN=C(N)N3CCSCC3)ccn2)cc1C.I. The van der Waals surface area contributed by atoms with Gasteiger partial charge < -0.3 is 15.4 Å². The first-order chi connectivity index (χ1) is 12.1. The number of benzene rings is 1. The van der Waals surface area contributed by atoms with Gasteiger partial charge in [-0.25, -0.2) is 9.98 Å². The number of nitrogens with two attached hydrogens (primary N) is 1. The molecule has 140 valence electrons. The fourth-order valence-electron chi connectivity index (χ4n) is 2.57. The van der Waals surface area contributed by atoms with E-state index in [1.807, 2.05) is 36.0 Å². The molecule has 0 unspecified atom stereocenters. The molecule has 1 aromatic carbocycles. The highest BCUT2D eigenvalue weighted by molar-refractivity contribution is 14.0. The molecule has 1 aromatic heterocycles. The third-order valence-electron chi connectivity index (χ3n) is 4.26. The first-order valence-electron chi connectivity index (χ1n) is 8.44. The summed E-state index contributed by atoms with van der Waals surface area (Å²) in [5, 5.41) is 0. The number of aliphatic imine (C=N–C) groups is 1. The van der Waals surface area contributed by atoms with Gasteiger partial charge in [-0.2, -0.15) is 11.8 Å². The molecule has 0 radical (unpaired) electrons. The molecule has 0 aliphatic carbocycles. The van der Waals surface area contributed by atoms with Gasteiger partial charge >= 0.3 is 0 Å². The summed E-state index contributed by atoms with van der Waals surface area (Å²) >= 11 is 1.96. The van der Waals surface area contributed by atoms with Crippen LogP contribution in [0.15, 0.2) is 41.5 Å². The van der Waals surface area contributed by atoms with E-state index in [1.54, 1.807) is 6.20 Å². The average Bonchev–Trinajstić information content (AvgIpc) is 2.64. The van der Waals surface area contributed by atoms with Gasteiger partial charge in [0, 0.05) is 36.9 Å². The zero-order valence-electron chi connectivity index (χ0n) is 15.1. The number of hydrogen-bond donors (Lipinski definition) is 1. The molecule has 0 bridgehead atoms. The lowest BCUT2D eigenvalue weighted by Gasteiger charge is -2.27. The van der Waals surface area contributed by atoms with E-state index in [0.717, 1.165) is 35.9 Å². The summed E-state index contributed by atoms with van der Waals surface area (Å²) in [7, 11) is 0. The fraction of sp³-hybridized carbons (Fsp3) is 0.368. The number of guanidine groups is 1. The van der Waals surface area contributed by atoms with E-state index < -0.39 is 0 Å². The lowest BCUT2D eigenvalue weighted by Crippen LogP contribution is -2.42. The summed E-state index contributed by atoms with van der Waals surface area (Å²) in [4.78, 5) is 11.0. The molecule has 1 fully saturated rings. The molecule has 3 rings (SSSR count). The standard InChI is InChI=1S/C19H24N4OS.HI/c1-14-3-4-17(11-15(14)2)24-18-12-16(5-6-21-18)13-22-19(20)23-7-9-25-10-8-23;/h3-6,11-12H,7-10,13H2,1-2H3,(H2,20,22);1H. The Morgan fingerprint density at radius 3 is 2.69 bits per heavy atom. The van der Waals surface area contributed by atoms with Gasteiger partial charge in [0.2, 0.25) is 5.88 Å². The Bertz CT molecular complexity index is 763.